The molecule has 0 saturated carbocycles. The van der Waals surface area contributed by atoms with Gasteiger partial charge in [0.2, 0.25) is 0 Å². The summed E-state index contributed by atoms with van der Waals surface area (Å²) in [4.78, 5) is 0. The summed E-state index contributed by atoms with van der Waals surface area (Å²) in [5.74, 6) is 1.86. The molecule has 2 aromatic carbocycles. The lowest BCUT2D eigenvalue weighted by Gasteiger charge is -2.10. The van der Waals surface area contributed by atoms with Crippen molar-refractivity contribution in [3.05, 3.63) is 54.1 Å². The predicted molar refractivity (Wildman–Crippen MR) is 101 cm³/mol. The maximum Gasteiger partial charge on any atom is 0.119 e. The molecule has 0 aliphatic carbocycles. The summed E-state index contributed by atoms with van der Waals surface area (Å²) in [6.45, 7) is 6.50. The smallest absolute Gasteiger partial charge is 0.119 e. The number of hydrogen-bond acceptors (Lipinski definition) is 3. The molecule has 0 radical (unpaired) electrons. The number of benzene rings is 2. The lowest BCUT2D eigenvalue weighted by molar-refractivity contribution is 0.305. The third-order valence-electron chi connectivity index (χ3n) is 3.81. The third kappa shape index (κ3) is 6.95. The summed E-state index contributed by atoms with van der Waals surface area (Å²) in [5, 5.41) is 3.36. The minimum absolute atomic E-state index is 0.638. The average Bonchev–Trinajstić information content (AvgIpc) is 2.60. The number of nitrogens with one attached hydrogen (secondary N) is 1. The standard InChI is InChI=1S/C21H29NO2/c1-3-4-5-6-15-23-20-12-10-19(11-13-20)22-14-16-24-21-9-7-8-18(2)17-21/h7-13,17,22H,3-6,14-16H2,1-2H3. The zero-order chi connectivity index (χ0) is 17.0. The van der Waals surface area contributed by atoms with Crippen molar-refractivity contribution in [1.29, 1.82) is 0 Å². The first-order valence-electron chi connectivity index (χ1n) is 8.94. The van der Waals surface area contributed by atoms with Gasteiger partial charge in [-0.3, -0.25) is 0 Å². The molecular formula is C21H29NO2. The van der Waals surface area contributed by atoms with Crippen molar-refractivity contribution in [3.8, 4) is 11.5 Å². The Balaban J connectivity index is 1.63. The normalized spacial score (nSPS) is 10.4. The van der Waals surface area contributed by atoms with E-state index in [0.29, 0.717) is 6.61 Å². The molecule has 0 aliphatic rings. The molecule has 0 atom stereocenters. The lowest BCUT2D eigenvalue weighted by Crippen LogP contribution is -2.11. The molecule has 2 rings (SSSR count). The minimum atomic E-state index is 0.638. The van der Waals surface area contributed by atoms with Gasteiger partial charge in [-0.1, -0.05) is 38.3 Å². The van der Waals surface area contributed by atoms with Crippen LogP contribution in [-0.4, -0.2) is 19.8 Å². The predicted octanol–water partition coefficient (Wildman–Crippen LogP) is 5.45. The fourth-order valence-electron chi connectivity index (χ4n) is 2.46. The van der Waals surface area contributed by atoms with Gasteiger partial charge in [-0.2, -0.15) is 0 Å². The number of unbranched alkanes of at least 4 members (excludes halogenated alkanes) is 3. The summed E-state index contributed by atoms with van der Waals surface area (Å²) in [7, 11) is 0. The van der Waals surface area contributed by atoms with Crippen LogP contribution in [0, 0.1) is 6.92 Å². The second kappa shape index (κ2) is 10.6. The van der Waals surface area contributed by atoms with E-state index in [1.54, 1.807) is 0 Å². The Morgan fingerprint density at radius 1 is 0.833 bits per heavy atom. The Labute approximate surface area is 146 Å². The van der Waals surface area contributed by atoms with Gasteiger partial charge in [-0.25, -0.2) is 0 Å². The molecule has 0 aromatic heterocycles. The number of aryl methyl sites for hydroxylation is 1. The van der Waals surface area contributed by atoms with Crippen molar-refractivity contribution >= 4 is 5.69 Å². The molecule has 0 aliphatic heterocycles. The van der Waals surface area contributed by atoms with Crippen LogP contribution in [0.25, 0.3) is 0 Å². The summed E-state index contributed by atoms with van der Waals surface area (Å²) < 4.78 is 11.5. The number of anilines is 1. The van der Waals surface area contributed by atoms with Crippen LogP contribution in [0.5, 0.6) is 11.5 Å². The largest absolute Gasteiger partial charge is 0.494 e. The Morgan fingerprint density at radius 2 is 1.62 bits per heavy atom. The van der Waals surface area contributed by atoms with Crippen LogP contribution in [0.4, 0.5) is 5.69 Å². The van der Waals surface area contributed by atoms with Crippen LogP contribution in [0.3, 0.4) is 0 Å². The van der Waals surface area contributed by atoms with Crippen LogP contribution in [-0.2, 0) is 0 Å². The summed E-state index contributed by atoms with van der Waals surface area (Å²) in [6, 6.07) is 16.2. The Bertz CT molecular complexity index is 581. The van der Waals surface area contributed by atoms with Crippen LogP contribution in [0.2, 0.25) is 0 Å². The molecule has 0 amide bonds. The van der Waals surface area contributed by atoms with Gasteiger partial charge in [0.25, 0.3) is 0 Å². The molecule has 130 valence electrons. The van der Waals surface area contributed by atoms with E-state index >= 15 is 0 Å². The van der Waals surface area contributed by atoms with Gasteiger partial charge in [0.05, 0.1) is 6.61 Å². The zero-order valence-electron chi connectivity index (χ0n) is 14.9. The molecule has 0 unspecified atom stereocenters. The van der Waals surface area contributed by atoms with Gasteiger partial charge in [0.15, 0.2) is 0 Å². The van der Waals surface area contributed by atoms with Crippen molar-refractivity contribution in [3.63, 3.8) is 0 Å². The highest BCUT2D eigenvalue weighted by Crippen LogP contribution is 2.16. The molecule has 2 aromatic rings. The zero-order valence-corrected chi connectivity index (χ0v) is 14.9. The minimum Gasteiger partial charge on any atom is -0.494 e. The van der Waals surface area contributed by atoms with Gasteiger partial charge in [0.1, 0.15) is 18.1 Å². The monoisotopic (exact) mass is 327 g/mol. The van der Waals surface area contributed by atoms with Gasteiger partial charge >= 0.3 is 0 Å². The Morgan fingerprint density at radius 3 is 2.38 bits per heavy atom. The maximum atomic E-state index is 5.75. The topological polar surface area (TPSA) is 30.5 Å². The van der Waals surface area contributed by atoms with E-state index in [1.165, 1.54) is 24.8 Å². The first-order chi connectivity index (χ1) is 11.8. The van der Waals surface area contributed by atoms with E-state index in [4.69, 9.17) is 9.47 Å². The van der Waals surface area contributed by atoms with Crippen LogP contribution in [0.15, 0.2) is 48.5 Å². The average molecular weight is 327 g/mol. The maximum absolute atomic E-state index is 5.75. The van der Waals surface area contributed by atoms with E-state index in [2.05, 4.69) is 25.2 Å². The van der Waals surface area contributed by atoms with E-state index in [1.807, 2.05) is 42.5 Å². The molecule has 0 saturated heterocycles. The SMILES string of the molecule is CCCCCCOc1ccc(NCCOc2cccc(C)c2)cc1. The molecule has 0 heterocycles. The quantitative estimate of drug-likeness (QED) is 0.557. The first-order valence-corrected chi connectivity index (χ1v) is 8.94. The molecule has 0 spiro atoms. The second-order valence-electron chi connectivity index (χ2n) is 6.03. The van der Waals surface area contributed by atoms with Gasteiger partial charge < -0.3 is 14.8 Å². The fraction of sp³-hybridized carbons (Fsp3) is 0.429. The molecule has 1 N–H and O–H groups in total. The van der Waals surface area contributed by atoms with Crippen molar-refractivity contribution in [2.24, 2.45) is 0 Å². The molecule has 0 fully saturated rings. The highest BCUT2D eigenvalue weighted by molar-refractivity contribution is 5.46. The van der Waals surface area contributed by atoms with Crippen LogP contribution < -0.4 is 14.8 Å². The van der Waals surface area contributed by atoms with Crippen molar-refractivity contribution in [1.82, 2.24) is 0 Å². The summed E-state index contributed by atoms with van der Waals surface area (Å²) in [5.41, 5.74) is 2.30. The molecule has 24 heavy (non-hydrogen) atoms. The number of rotatable bonds is 11. The fourth-order valence-corrected chi connectivity index (χ4v) is 2.46. The summed E-state index contributed by atoms with van der Waals surface area (Å²) >= 11 is 0. The van der Waals surface area contributed by atoms with E-state index in [-0.39, 0.29) is 0 Å². The highest BCUT2D eigenvalue weighted by Gasteiger charge is 1.97. The third-order valence-corrected chi connectivity index (χ3v) is 3.81. The Hall–Kier alpha value is -2.16. The second-order valence-corrected chi connectivity index (χ2v) is 6.03. The Kier molecular flexibility index (Phi) is 8.02. The van der Waals surface area contributed by atoms with Crippen LogP contribution in [0.1, 0.15) is 38.2 Å². The number of ether oxygens (including phenoxy) is 2. The first kappa shape index (κ1) is 18.2. The van der Waals surface area contributed by atoms with Gasteiger partial charge in [-0.05, 0) is 55.3 Å². The lowest BCUT2D eigenvalue weighted by atomic mass is 10.2. The highest BCUT2D eigenvalue weighted by atomic mass is 16.5. The van der Waals surface area contributed by atoms with Crippen molar-refractivity contribution in [2.45, 2.75) is 39.5 Å². The van der Waals surface area contributed by atoms with E-state index in [0.717, 1.165) is 36.8 Å². The molecule has 3 nitrogen and oxygen atoms in total. The van der Waals surface area contributed by atoms with Gasteiger partial charge in [-0.15, -0.1) is 0 Å². The van der Waals surface area contributed by atoms with Crippen molar-refractivity contribution in [2.75, 3.05) is 25.1 Å². The van der Waals surface area contributed by atoms with Crippen molar-refractivity contribution < 1.29 is 9.47 Å². The van der Waals surface area contributed by atoms with E-state index < -0.39 is 0 Å². The molecule has 3 heteroatoms. The summed E-state index contributed by atoms with van der Waals surface area (Å²) in [6.07, 6.45) is 4.92. The van der Waals surface area contributed by atoms with Gasteiger partial charge in [0, 0.05) is 12.2 Å². The molecule has 0 bridgehead atoms. The molecular weight excluding hydrogens is 298 g/mol. The van der Waals surface area contributed by atoms with E-state index in [9.17, 15) is 0 Å². The number of hydrogen-bond donors (Lipinski definition) is 1. The van der Waals surface area contributed by atoms with Crippen LogP contribution >= 0.6 is 0 Å².